The van der Waals surface area contributed by atoms with Crippen LogP contribution in [0.5, 0.6) is 0 Å². The fourth-order valence-electron chi connectivity index (χ4n) is 2.43. The van der Waals surface area contributed by atoms with Crippen molar-refractivity contribution in [2.45, 2.75) is 58.1 Å². The number of hydrogen-bond donors (Lipinski definition) is 1. The predicted molar refractivity (Wildman–Crippen MR) is 60.5 cm³/mol. The summed E-state index contributed by atoms with van der Waals surface area (Å²) in [6.07, 6.45) is 4.90. The van der Waals surface area contributed by atoms with Crippen LogP contribution in [0.25, 0.3) is 0 Å². The smallest absolute Gasteiger partial charge is 0.0828 e. The van der Waals surface area contributed by atoms with Crippen LogP contribution in [0.2, 0.25) is 0 Å². The van der Waals surface area contributed by atoms with Gasteiger partial charge in [0.05, 0.1) is 5.60 Å². The quantitative estimate of drug-likeness (QED) is 0.754. The molecule has 1 unspecified atom stereocenters. The molecule has 0 amide bonds. The molecule has 0 bridgehead atoms. The Hall–Kier alpha value is -0.0800. The van der Waals surface area contributed by atoms with Crippen molar-refractivity contribution >= 4 is 0 Å². The third-order valence-electron chi connectivity index (χ3n) is 4.08. The van der Waals surface area contributed by atoms with Gasteiger partial charge in [0.25, 0.3) is 0 Å². The largest absolute Gasteiger partial charge is 0.377 e. The van der Waals surface area contributed by atoms with Gasteiger partial charge in [0.2, 0.25) is 0 Å². The lowest BCUT2D eigenvalue weighted by molar-refractivity contribution is -0.0809. The molecule has 0 heterocycles. The summed E-state index contributed by atoms with van der Waals surface area (Å²) >= 11 is 0. The second-order valence-electron chi connectivity index (χ2n) is 5.44. The number of hydrogen-bond acceptors (Lipinski definition) is 2. The third kappa shape index (κ3) is 2.29. The topological polar surface area (TPSA) is 21.3 Å². The zero-order chi connectivity index (χ0) is 10.8. The average Bonchev–Trinajstić information content (AvgIpc) is 2.18. The van der Waals surface area contributed by atoms with Crippen LogP contribution in [0.4, 0.5) is 0 Å². The summed E-state index contributed by atoms with van der Waals surface area (Å²) < 4.78 is 5.76. The van der Waals surface area contributed by atoms with E-state index in [1.54, 1.807) is 0 Å². The molecular formula is C12H25NO. The van der Waals surface area contributed by atoms with E-state index in [1.807, 2.05) is 14.2 Å². The van der Waals surface area contributed by atoms with Crippen molar-refractivity contribution in [3.8, 4) is 0 Å². The van der Waals surface area contributed by atoms with Crippen LogP contribution in [0.3, 0.4) is 0 Å². The van der Waals surface area contributed by atoms with E-state index in [4.69, 9.17) is 4.74 Å². The monoisotopic (exact) mass is 199 g/mol. The van der Waals surface area contributed by atoms with Gasteiger partial charge in [0.1, 0.15) is 0 Å². The Morgan fingerprint density at radius 1 is 1.14 bits per heavy atom. The molecule has 1 saturated carbocycles. The highest BCUT2D eigenvalue weighted by Gasteiger charge is 2.41. The summed E-state index contributed by atoms with van der Waals surface area (Å²) in [6, 6.07) is 0.448. The summed E-state index contributed by atoms with van der Waals surface area (Å²) in [5, 5.41) is 3.33. The zero-order valence-corrected chi connectivity index (χ0v) is 10.3. The SMILES string of the molecule is CNC(C)C1(OC)CCC(C)(C)CC1. The van der Waals surface area contributed by atoms with Crippen LogP contribution in [0.1, 0.15) is 46.5 Å². The molecule has 0 radical (unpaired) electrons. The van der Waals surface area contributed by atoms with E-state index in [0.29, 0.717) is 11.5 Å². The predicted octanol–water partition coefficient (Wildman–Crippen LogP) is 2.58. The first-order valence-corrected chi connectivity index (χ1v) is 5.68. The number of methoxy groups -OCH3 is 1. The Labute approximate surface area is 88.4 Å². The van der Waals surface area contributed by atoms with E-state index in [0.717, 1.165) is 0 Å². The molecule has 1 aliphatic rings. The van der Waals surface area contributed by atoms with Crippen molar-refractivity contribution in [1.82, 2.24) is 5.32 Å². The summed E-state index contributed by atoms with van der Waals surface area (Å²) in [4.78, 5) is 0. The Morgan fingerprint density at radius 2 is 1.64 bits per heavy atom. The van der Waals surface area contributed by atoms with Gasteiger partial charge in [-0.15, -0.1) is 0 Å². The minimum absolute atomic E-state index is 0.0737. The van der Waals surface area contributed by atoms with Crippen molar-refractivity contribution in [1.29, 1.82) is 0 Å². The Balaban J connectivity index is 2.66. The lowest BCUT2D eigenvalue weighted by atomic mass is 9.68. The van der Waals surface area contributed by atoms with Crippen LogP contribution in [0, 0.1) is 5.41 Å². The molecule has 84 valence electrons. The molecule has 1 rings (SSSR count). The Morgan fingerprint density at radius 3 is 2.00 bits per heavy atom. The molecule has 1 atom stereocenters. The molecule has 0 aliphatic heterocycles. The van der Waals surface area contributed by atoms with E-state index < -0.39 is 0 Å². The van der Waals surface area contributed by atoms with E-state index in [9.17, 15) is 0 Å². The highest BCUT2D eigenvalue weighted by molar-refractivity contribution is 4.96. The van der Waals surface area contributed by atoms with Gasteiger partial charge >= 0.3 is 0 Å². The molecule has 2 nitrogen and oxygen atoms in total. The molecule has 0 aromatic carbocycles. The highest BCUT2D eigenvalue weighted by atomic mass is 16.5. The lowest BCUT2D eigenvalue weighted by Crippen LogP contribution is -2.52. The zero-order valence-electron chi connectivity index (χ0n) is 10.3. The minimum atomic E-state index is 0.0737. The van der Waals surface area contributed by atoms with Crippen LogP contribution in [0.15, 0.2) is 0 Å². The molecule has 2 heteroatoms. The van der Waals surface area contributed by atoms with Crippen molar-refractivity contribution < 1.29 is 4.74 Å². The van der Waals surface area contributed by atoms with Gasteiger partial charge in [-0.05, 0) is 45.1 Å². The fraction of sp³-hybridized carbons (Fsp3) is 1.00. The second kappa shape index (κ2) is 4.19. The summed E-state index contributed by atoms with van der Waals surface area (Å²) in [7, 11) is 3.87. The summed E-state index contributed by atoms with van der Waals surface area (Å²) in [6.45, 7) is 6.94. The van der Waals surface area contributed by atoms with Crippen molar-refractivity contribution in [3.05, 3.63) is 0 Å². The van der Waals surface area contributed by atoms with Gasteiger partial charge in [-0.25, -0.2) is 0 Å². The first-order chi connectivity index (χ1) is 6.46. The number of likely N-dealkylation sites (N-methyl/N-ethyl adjacent to an activating group) is 1. The number of nitrogens with one attached hydrogen (secondary N) is 1. The maximum Gasteiger partial charge on any atom is 0.0828 e. The molecule has 1 aliphatic carbocycles. The first kappa shape index (κ1) is 12.0. The van der Waals surface area contributed by atoms with Crippen molar-refractivity contribution in [2.75, 3.05) is 14.2 Å². The van der Waals surface area contributed by atoms with Crippen molar-refractivity contribution in [3.63, 3.8) is 0 Å². The van der Waals surface area contributed by atoms with E-state index in [2.05, 4.69) is 26.1 Å². The van der Waals surface area contributed by atoms with Gasteiger partial charge in [-0.1, -0.05) is 13.8 Å². The maximum atomic E-state index is 5.76. The fourth-order valence-corrected chi connectivity index (χ4v) is 2.43. The molecule has 14 heavy (non-hydrogen) atoms. The normalized spacial score (nSPS) is 27.2. The molecule has 0 spiro atoms. The van der Waals surface area contributed by atoms with Gasteiger partial charge in [-0.3, -0.25) is 0 Å². The average molecular weight is 199 g/mol. The molecule has 1 N–H and O–H groups in total. The third-order valence-corrected chi connectivity index (χ3v) is 4.08. The maximum absolute atomic E-state index is 5.76. The summed E-state index contributed by atoms with van der Waals surface area (Å²) in [5.41, 5.74) is 0.583. The number of rotatable bonds is 3. The highest BCUT2D eigenvalue weighted by Crippen LogP contribution is 2.43. The van der Waals surface area contributed by atoms with Gasteiger partial charge in [-0.2, -0.15) is 0 Å². The summed E-state index contributed by atoms with van der Waals surface area (Å²) in [5.74, 6) is 0. The standard InChI is InChI=1S/C12H25NO/c1-10(13-4)12(14-5)8-6-11(2,3)7-9-12/h10,13H,6-9H2,1-5H3. The minimum Gasteiger partial charge on any atom is -0.377 e. The second-order valence-corrected chi connectivity index (χ2v) is 5.44. The molecule has 0 aromatic heterocycles. The lowest BCUT2D eigenvalue weighted by Gasteiger charge is -2.46. The van der Waals surface area contributed by atoms with Crippen LogP contribution >= 0.6 is 0 Å². The Bertz CT molecular complexity index is 179. The van der Waals surface area contributed by atoms with E-state index in [1.165, 1.54) is 25.7 Å². The molecule has 0 saturated heterocycles. The first-order valence-electron chi connectivity index (χ1n) is 5.68. The van der Waals surface area contributed by atoms with Gasteiger partial charge in [0, 0.05) is 13.2 Å². The van der Waals surface area contributed by atoms with Gasteiger partial charge < -0.3 is 10.1 Å². The van der Waals surface area contributed by atoms with Crippen molar-refractivity contribution in [2.24, 2.45) is 5.41 Å². The van der Waals surface area contributed by atoms with Crippen LogP contribution in [-0.4, -0.2) is 25.8 Å². The van der Waals surface area contributed by atoms with Gasteiger partial charge in [0.15, 0.2) is 0 Å². The van der Waals surface area contributed by atoms with Crippen LogP contribution < -0.4 is 5.32 Å². The van der Waals surface area contributed by atoms with Crippen LogP contribution in [-0.2, 0) is 4.74 Å². The van der Waals surface area contributed by atoms with E-state index in [-0.39, 0.29) is 5.60 Å². The van der Waals surface area contributed by atoms with E-state index >= 15 is 0 Å². The molecule has 1 fully saturated rings. The Kier molecular flexibility index (Phi) is 3.59. The molecule has 0 aromatic rings. The number of ether oxygens (including phenoxy) is 1. The molecular weight excluding hydrogens is 174 g/mol.